The first-order valence-corrected chi connectivity index (χ1v) is 9.42. The summed E-state index contributed by atoms with van der Waals surface area (Å²) in [5.74, 6) is 1.01. The average Bonchev–Trinajstić information content (AvgIpc) is 3.06. The summed E-state index contributed by atoms with van der Waals surface area (Å²) in [5, 5.41) is 5.87. The number of aromatic nitrogens is 1. The van der Waals surface area contributed by atoms with Crippen molar-refractivity contribution in [3.63, 3.8) is 0 Å². The van der Waals surface area contributed by atoms with Crippen LogP contribution in [0.4, 0.5) is 9.93 Å². The number of nitrogens with one attached hydrogen (secondary N) is 2. The highest BCUT2D eigenvalue weighted by Gasteiger charge is 2.19. The molecule has 7 nitrogen and oxygen atoms in total. The molecule has 1 heterocycles. The third-order valence-corrected chi connectivity index (χ3v) is 4.64. The molecular weight excluding hydrogens is 376 g/mol. The van der Waals surface area contributed by atoms with E-state index in [0.29, 0.717) is 22.2 Å². The van der Waals surface area contributed by atoms with Crippen molar-refractivity contribution in [3.8, 4) is 11.5 Å². The molecule has 0 fully saturated rings. The van der Waals surface area contributed by atoms with Gasteiger partial charge in [0.05, 0.1) is 12.5 Å². The van der Waals surface area contributed by atoms with Gasteiger partial charge in [-0.3, -0.25) is 4.79 Å². The number of amides is 3. The summed E-state index contributed by atoms with van der Waals surface area (Å²) >= 11 is 1.38. The number of hydrogen-bond acceptors (Lipinski definition) is 5. The Bertz CT molecular complexity index is 959. The fraction of sp³-hybridized carbons (Fsp3) is 0.150. The lowest BCUT2D eigenvalue weighted by Crippen LogP contribution is -2.35. The number of aryl methyl sites for hydroxylation is 1. The monoisotopic (exact) mass is 396 g/mol. The summed E-state index contributed by atoms with van der Waals surface area (Å²) in [6, 6.07) is 15.2. The van der Waals surface area contributed by atoms with Gasteiger partial charge in [-0.15, -0.1) is 11.3 Å². The molecule has 0 spiro atoms. The van der Waals surface area contributed by atoms with E-state index in [0.717, 1.165) is 4.88 Å². The Kier molecular flexibility index (Phi) is 6.23. The lowest BCUT2D eigenvalue weighted by atomic mass is 10.0. The van der Waals surface area contributed by atoms with Crippen LogP contribution in [0.1, 0.15) is 22.9 Å². The molecule has 3 rings (SSSR count). The molecule has 0 aliphatic rings. The van der Waals surface area contributed by atoms with Crippen molar-refractivity contribution in [1.82, 2.24) is 10.3 Å². The van der Waals surface area contributed by atoms with E-state index in [1.807, 2.05) is 37.3 Å². The molecule has 4 N–H and O–H groups in total. The minimum absolute atomic E-state index is 0.0103. The van der Waals surface area contributed by atoms with E-state index >= 15 is 0 Å². The Hall–Kier alpha value is -3.39. The van der Waals surface area contributed by atoms with Gasteiger partial charge in [0.15, 0.2) is 5.13 Å². The zero-order valence-electron chi connectivity index (χ0n) is 15.2. The van der Waals surface area contributed by atoms with Crippen LogP contribution in [0.15, 0.2) is 60.8 Å². The van der Waals surface area contributed by atoms with Gasteiger partial charge >= 0.3 is 6.03 Å². The van der Waals surface area contributed by atoms with Gasteiger partial charge in [-0.2, -0.15) is 0 Å². The fourth-order valence-corrected chi connectivity index (χ4v) is 3.29. The molecule has 1 aromatic heterocycles. The largest absolute Gasteiger partial charge is 0.457 e. The van der Waals surface area contributed by atoms with Crippen molar-refractivity contribution in [2.24, 2.45) is 5.73 Å². The third-order valence-electron chi connectivity index (χ3n) is 3.81. The average molecular weight is 396 g/mol. The molecule has 1 atom stereocenters. The number of primary amides is 1. The maximum Gasteiger partial charge on any atom is 0.312 e. The molecule has 0 saturated heterocycles. The Labute approximate surface area is 166 Å². The molecule has 8 heteroatoms. The van der Waals surface area contributed by atoms with Crippen LogP contribution in [0.2, 0.25) is 0 Å². The number of anilines is 1. The molecule has 0 aliphatic carbocycles. The van der Waals surface area contributed by atoms with E-state index < -0.39 is 12.1 Å². The molecule has 1 unspecified atom stereocenters. The summed E-state index contributed by atoms with van der Waals surface area (Å²) in [4.78, 5) is 28.9. The maximum atomic E-state index is 12.4. The number of rotatable bonds is 7. The number of carbonyl (C=O) groups is 2. The van der Waals surface area contributed by atoms with E-state index in [4.69, 9.17) is 10.5 Å². The summed E-state index contributed by atoms with van der Waals surface area (Å²) in [7, 11) is 0. The maximum absolute atomic E-state index is 12.4. The quantitative estimate of drug-likeness (QED) is 0.561. The number of nitrogens with two attached hydrogens (primary N) is 1. The van der Waals surface area contributed by atoms with Crippen molar-refractivity contribution in [3.05, 3.63) is 71.2 Å². The highest BCUT2D eigenvalue weighted by molar-refractivity contribution is 7.15. The second-order valence-electron chi connectivity index (χ2n) is 6.08. The second-order valence-corrected chi connectivity index (χ2v) is 7.31. The van der Waals surface area contributed by atoms with Crippen LogP contribution in [0, 0.1) is 6.92 Å². The molecule has 0 aliphatic heterocycles. The van der Waals surface area contributed by atoms with Crippen LogP contribution in [-0.4, -0.2) is 16.9 Å². The predicted molar refractivity (Wildman–Crippen MR) is 109 cm³/mol. The predicted octanol–water partition coefficient (Wildman–Crippen LogP) is 3.98. The Morgan fingerprint density at radius 1 is 1.14 bits per heavy atom. The highest BCUT2D eigenvalue weighted by atomic mass is 32.1. The normalized spacial score (nSPS) is 11.5. The van der Waals surface area contributed by atoms with Crippen molar-refractivity contribution < 1.29 is 14.3 Å². The molecule has 0 saturated carbocycles. The van der Waals surface area contributed by atoms with Crippen LogP contribution < -0.4 is 21.1 Å². The van der Waals surface area contributed by atoms with Gasteiger partial charge in [-0.25, -0.2) is 9.78 Å². The van der Waals surface area contributed by atoms with Gasteiger partial charge in [-0.1, -0.05) is 30.3 Å². The molecule has 3 amide bonds. The molecule has 0 radical (unpaired) electrons. The Morgan fingerprint density at radius 2 is 1.89 bits per heavy atom. The Morgan fingerprint density at radius 3 is 2.57 bits per heavy atom. The van der Waals surface area contributed by atoms with E-state index in [1.54, 1.807) is 30.5 Å². The van der Waals surface area contributed by atoms with Crippen LogP contribution in [0.25, 0.3) is 0 Å². The number of urea groups is 1. The van der Waals surface area contributed by atoms with Gasteiger partial charge in [0.2, 0.25) is 5.91 Å². The SMILES string of the molecule is Cc1cnc(NC(=O)CC(NC(N)=O)c2cccc(Oc3ccccc3)c2)s1. The van der Waals surface area contributed by atoms with Crippen LogP contribution in [-0.2, 0) is 4.79 Å². The van der Waals surface area contributed by atoms with Crippen molar-refractivity contribution >= 4 is 28.4 Å². The number of ether oxygens (including phenoxy) is 1. The fourth-order valence-electron chi connectivity index (χ4n) is 2.61. The van der Waals surface area contributed by atoms with Crippen molar-refractivity contribution in [2.75, 3.05) is 5.32 Å². The topological polar surface area (TPSA) is 106 Å². The van der Waals surface area contributed by atoms with Crippen molar-refractivity contribution in [2.45, 2.75) is 19.4 Å². The number of para-hydroxylation sites is 1. The summed E-state index contributed by atoms with van der Waals surface area (Å²) in [6.07, 6.45) is 1.69. The lowest BCUT2D eigenvalue weighted by Gasteiger charge is -2.18. The van der Waals surface area contributed by atoms with Gasteiger partial charge in [-0.05, 0) is 36.8 Å². The van der Waals surface area contributed by atoms with Gasteiger partial charge in [0.25, 0.3) is 0 Å². The zero-order valence-corrected chi connectivity index (χ0v) is 16.0. The van der Waals surface area contributed by atoms with Crippen LogP contribution >= 0.6 is 11.3 Å². The number of nitrogens with zero attached hydrogens (tertiary/aromatic N) is 1. The Balaban J connectivity index is 1.74. The first-order chi connectivity index (χ1) is 13.5. The molecule has 2 aromatic carbocycles. The summed E-state index contributed by atoms with van der Waals surface area (Å²) in [5.41, 5.74) is 6.01. The van der Waals surface area contributed by atoms with E-state index in [2.05, 4.69) is 15.6 Å². The first kappa shape index (κ1) is 19.4. The van der Waals surface area contributed by atoms with Gasteiger partial charge in [0, 0.05) is 11.1 Å². The second kappa shape index (κ2) is 9.01. The number of thiazole rings is 1. The van der Waals surface area contributed by atoms with Crippen LogP contribution in [0.5, 0.6) is 11.5 Å². The summed E-state index contributed by atoms with van der Waals surface area (Å²) in [6.45, 7) is 1.91. The lowest BCUT2D eigenvalue weighted by molar-refractivity contribution is -0.116. The molecular formula is C20H20N4O3S. The van der Waals surface area contributed by atoms with E-state index in [-0.39, 0.29) is 12.3 Å². The highest BCUT2D eigenvalue weighted by Crippen LogP contribution is 2.26. The molecule has 28 heavy (non-hydrogen) atoms. The number of carbonyl (C=O) groups excluding carboxylic acids is 2. The number of benzene rings is 2. The standard InChI is InChI=1S/C20H20N4O3S/c1-13-12-22-20(28-13)24-18(25)11-17(23-19(21)26)14-6-5-9-16(10-14)27-15-7-3-2-4-8-15/h2-10,12,17H,11H2,1H3,(H3,21,23,26)(H,22,24,25). The molecule has 3 aromatic rings. The van der Waals surface area contributed by atoms with E-state index in [9.17, 15) is 9.59 Å². The summed E-state index contributed by atoms with van der Waals surface area (Å²) < 4.78 is 5.82. The smallest absolute Gasteiger partial charge is 0.312 e. The van der Waals surface area contributed by atoms with Gasteiger partial charge < -0.3 is 21.1 Å². The minimum Gasteiger partial charge on any atom is -0.457 e. The minimum atomic E-state index is -0.711. The molecule has 0 bridgehead atoms. The third kappa shape index (κ3) is 5.55. The number of hydrogen-bond donors (Lipinski definition) is 3. The first-order valence-electron chi connectivity index (χ1n) is 8.61. The van der Waals surface area contributed by atoms with Crippen LogP contribution in [0.3, 0.4) is 0 Å². The zero-order chi connectivity index (χ0) is 19.9. The van der Waals surface area contributed by atoms with Gasteiger partial charge in [0.1, 0.15) is 11.5 Å². The van der Waals surface area contributed by atoms with E-state index in [1.165, 1.54) is 11.3 Å². The molecule has 144 valence electrons. The van der Waals surface area contributed by atoms with Crippen molar-refractivity contribution in [1.29, 1.82) is 0 Å².